The van der Waals surface area contributed by atoms with Crippen LogP contribution >= 0.6 is 0 Å². The lowest BCUT2D eigenvalue weighted by Gasteiger charge is -1.99. The largest absolute Gasteiger partial charge is 0.389 e. The van der Waals surface area contributed by atoms with Gasteiger partial charge < -0.3 is 15.4 Å². The molecule has 1 amide bonds. The van der Waals surface area contributed by atoms with Crippen molar-refractivity contribution in [1.29, 1.82) is 0 Å². The monoisotopic (exact) mass is 212 g/mol. The molecule has 0 aromatic carbocycles. The minimum atomic E-state index is -0.567. The second kappa shape index (κ2) is 5.08. The van der Waals surface area contributed by atoms with E-state index in [1.807, 2.05) is 6.92 Å². The summed E-state index contributed by atoms with van der Waals surface area (Å²) in [6.45, 7) is 2.76. The van der Waals surface area contributed by atoms with E-state index in [0.29, 0.717) is 13.1 Å². The van der Waals surface area contributed by atoms with E-state index < -0.39 is 4.92 Å². The standard InChI is InChI=1S/C8H12N4O3/c1-2-9-8(13)4-6-11-5-3-7(10-11)12(14)15/h3,5H,2,4,6H2,1H3,(H,9,13). The average molecular weight is 212 g/mol. The molecule has 7 heteroatoms. The molecule has 1 rings (SSSR count). The van der Waals surface area contributed by atoms with Crippen molar-refractivity contribution < 1.29 is 9.72 Å². The van der Waals surface area contributed by atoms with Crippen molar-refractivity contribution in [3.8, 4) is 0 Å². The summed E-state index contributed by atoms with van der Waals surface area (Å²) in [4.78, 5) is 20.8. The Labute approximate surface area is 86.2 Å². The fourth-order valence-corrected chi connectivity index (χ4v) is 1.07. The zero-order valence-corrected chi connectivity index (χ0v) is 8.34. The highest BCUT2D eigenvalue weighted by Crippen LogP contribution is 2.05. The fourth-order valence-electron chi connectivity index (χ4n) is 1.07. The van der Waals surface area contributed by atoms with Gasteiger partial charge >= 0.3 is 5.82 Å². The molecule has 0 bridgehead atoms. The second-order valence-corrected chi connectivity index (χ2v) is 2.90. The number of aromatic nitrogens is 2. The van der Waals surface area contributed by atoms with Gasteiger partial charge in [-0.3, -0.25) is 4.79 Å². The van der Waals surface area contributed by atoms with Crippen LogP contribution in [-0.4, -0.2) is 27.2 Å². The molecule has 0 atom stereocenters. The molecule has 0 aliphatic rings. The van der Waals surface area contributed by atoms with E-state index in [4.69, 9.17) is 0 Å². The van der Waals surface area contributed by atoms with Crippen LogP contribution in [0.4, 0.5) is 5.82 Å². The van der Waals surface area contributed by atoms with Crippen LogP contribution in [0.1, 0.15) is 13.3 Å². The number of amides is 1. The third-order valence-electron chi connectivity index (χ3n) is 1.76. The van der Waals surface area contributed by atoms with Crippen molar-refractivity contribution in [2.75, 3.05) is 6.54 Å². The topological polar surface area (TPSA) is 90.1 Å². The number of nitrogens with zero attached hydrogens (tertiary/aromatic N) is 3. The van der Waals surface area contributed by atoms with Gasteiger partial charge in [0.05, 0.1) is 23.9 Å². The number of rotatable bonds is 5. The van der Waals surface area contributed by atoms with Crippen molar-refractivity contribution in [3.63, 3.8) is 0 Å². The second-order valence-electron chi connectivity index (χ2n) is 2.90. The van der Waals surface area contributed by atoms with E-state index in [2.05, 4.69) is 10.4 Å². The van der Waals surface area contributed by atoms with Crippen LogP contribution in [0, 0.1) is 10.1 Å². The van der Waals surface area contributed by atoms with Crippen molar-refractivity contribution in [2.24, 2.45) is 0 Å². The van der Waals surface area contributed by atoms with Gasteiger partial charge in [0.2, 0.25) is 5.91 Å². The van der Waals surface area contributed by atoms with Gasteiger partial charge in [-0.1, -0.05) is 0 Å². The van der Waals surface area contributed by atoms with Crippen molar-refractivity contribution in [3.05, 3.63) is 22.4 Å². The highest BCUT2D eigenvalue weighted by molar-refractivity contribution is 5.75. The number of hydrogen-bond acceptors (Lipinski definition) is 4. The minimum absolute atomic E-state index is 0.0874. The molecule has 1 aromatic heterocycles. The highest BCUT2D eigenvalue weighted by Gasteiger charge is 2.11. The van der Waals surface area contributed by atoms with Gasteiger partial charge in [-0.05, 0) is 11.8 Å². The van der Waals surface area contributed by atoms with Crippen LogP contribution in [0.25, 0.3) is 0 Å². The molecule has 82 valence electrons. The highest BCUT2D eigenvalue weighted by atomic mass is 16.6. The molecule has 0 spiro atoms. The van der Waals surface area contributed by atoms with E-state index in [0.717, 1.165) is 0 Å². The number of carbonyl (C=O) groups is 1. The van der Waals surface area contributed by atoms with Gasteiger partial charge in [0.1, 0.15) is 0 Å². The molecule has 7 nitrogen and oxygen atoms in total. The maximum atomic E-state index is 11.1. The van der Waals surface area contributed by atoms with Crippen LogP contribution in [-0.2, 0) is 11.3 Å². The summed E-state index contributed by atoms with van der Waals surface area (Å²) < 4.78 is 1.38. The van der Waals surface area contributed by atoms with Crippen LogP contribution in [0.2, 0.25) is 0 Å². The average Bonchev–Trinajstić information content (AvgIpc) is 2.63. The van der Waals surface area contributed by atoms with Crippen LogP contribution < -0.4 is 5.32 Å². The third kappa shape index (κ3) is 3.37. The maximum absolute atomic E-state index is 11.1. The Hall–Kier alpha value is -1.92. The molecule has 1 aromatic rings. The fraction of sp³-hybridized carbons (Fsp3) is 0.500. The Morgan fingerprint density at radius 1 is 1.73 bits per heavy atom. The number of carbonyl (C=O) groups excluding carboxylic acids is 1. The first kappa shape index (κ1) is 11.2. The van der Waals surface area contributed by atoms with E-state index in [-0.39, 0.29) is 18.1 Å². The van der Waals surface area contributed by atoms with Gasteiger partial charge in [-0.25, -0.2) is 0 Å². The first-order valence-electron chi connectivity index (χ1n) is 4.58. The zero-order valence-electron chi connectivity index (χ0n) is 8.34. The lowest BCUT2D eigenvalue weighted by Crippen LogP contribution is -2.23. The van der Waals surface area contributed by atoms with E-state index in [1.54, 1.807) is 0 Å². The normalized spacial score (nSPS) is 9.93. The smallest absolute Gasteiger partial charge is 0.358 e. The molecule has 0 saturated heterocycles. The lowest BCUT2D eigenvalue weighted by molar-refractivity contribution is -0.389. The number of nitro groups is 1. The van der Waals surface area contributed by atoms with Gasteiger partial charge in [0.25, 0.3) is 0 Å². The Balaban J connectivity index is 2.44. The molecule has 0 fully saturated rings. The Morgan fingerprint density at radius 2 is 2.47 bits per heavy atom. The lowest BCUT2D eigenvalue weighted by atomic mass is 10.4. The van der Waals surface area contributed by atoms with Crippen molar-refractivity contribution in [2.45, 2.75) is 19.9 Å². The molecular formula is C8H12N4O3. The van der Waals surface area contributed by atoms with Gasteiger partial charge in [-0.2, -0.15) is 4.68 Å². The van der Waals surface area contributed by atoms with Crippen molar-refractivity contribution >= 4 is 11.7 Å². The van der Waals surface area contributed by atoms with Gasteiger partial charge in [-0.15, -0.1) is 0 Å². The molecule has 0 radical (unpaired) electrons. The third-order valence-corrected chi connectivity index (χ3v) is 1.76. The molecule has 15 heavy (non-hydrogen) atoms. The molecule has 0 aliphatic heterocycles. The van der Waals surface area contributed by atoms with E-state index in [1.165, 1.54) is 16.9 Å². The summed E-state index contributed by atoms with van der Waals surface area (Å²) >= 11 is 0. The zero-order chi connectivity index (χ0) is 11.3. The van der Waals surface area contributed by atoms with Gasteiger partial charge in [0, 0.05) is 13.0 Å². The first-order valence-corrected chi connectivity index (χ1v) is 4.58. The summed E-state index contributed by atoms with van der Waals surface area (Å²) in [6, 6.07) is 1.30. The minimum Gasteiger partial charge on any atom is -0.358 e. The summed E-state index contributed by atoms with van der Waals surface area (Å²) in [7, 11) is 0. The summed E-state index contributed by atoms with van der Waals surface area (Å²) in [5.74, 6) is -0.290. The summed E-state index contributed by atoms with van der Waals surface area (Å²) in [5.41, 5.74) is 0. The molecule has 1 N–H and O–H groups in total. The molecule has 0 saturated carbocycles. The van der Waals surface area contributed by atoms with Crippen LogP contribution in [0.5, 0.6) is 0 Å². The van der Waals surface area contributed by atoms with Crippen molar-refractivity contribution in [1.82, 2.24) is 15.1 Å². The van der Waals surface area contributed by atoms with Gasteiger partial charge in [0.15, 0.2) is 0 Å². The maximum Gasteiger partial charge on any atom is 0.389 e. The predicted octanol–water partition coefficient (Wildman–Crippen LogP) is 0.317. The summed E-state index contributed by atoms with van der Waals surface area (Å²) in [6.07, 6.45) is 1.75. The molecule has 0 aliphatic carbocycles. The molecule has 1 heterocycles. The Bertz CT molecular complexity index is 361. The van der Waals surface area contributed by atoms with E-state index in [9.17, 15) is 14.9 Å². The first-order chi connectivity index (χ1) is 7.13. The summed E-state index contributed by atoms with van der Waals surface area (Å²) in [5, 5.41) is 16.6. The SMILES string of the molecule is CCNC(=O)CCn1ccc([N+](=O)[O-])n1. The number of hydrogen-bond donors (Lipinski definition) is 1. The van der Waals surface area contributed by atoms with E-state index >= 15 is 0 Å². The Kier molecular flexibility index (Phi) is 3.78. The Morgan fingerprint density at radius 3 is 3.00 bits per heavy atom. The van der Waals surface area contributed by atoms with Crippen LogP contribution in [0.3, 0.4) is 0 Å². The number of nitrogens with one attached hydrogen (secondary N) is 1. The predicted molar refractivity (Wildman–Crippen MR) is 52.2 cm³/mol. The molecular weight excluding hydrogens is 200 g/mol. The van der Waals surface area contributed by atoms with Crippen LogP contribution in [0.15, 0.2) is 12.3 Å². The number of aryl methyl sites for hydroxylation is 1. The quantitative estimate of drug-likeness (QED) is 0.562. The molecule has 0 unspecified atom stereocenters.